The molecule has 0 aliphatic carbocycles. The van der Waals surface area contributed by atoms with Crippen LogP contribution in [-0.2, 0) is 13.0 Å². The molecule has 0 aromatic carbocycles. The van der Waals surface area contributed by atoms with Gasteiger partial charge in [0.2, 0.25) is 0 Å². The average molecular weight is 174 g/mol. The van der Waals surface area contributed by atoms with E-state index in [0.717, 1.165) is 25.2 Å². The largest absolute Gasteiger partial charge is 0.311 e. The second kappa shape index (κ2) is 2.53. The van der Waals surface area contributed by atoms with Crippen LogP contribution in [-0.4, -0.2) is 21.1 Å². The maximum absolute atomic E-state index is 4.33. The molecule has 66 valence electrons. The van der Waals surface area contributed by atoms with Crippen LogP contribution in [0.15, 0.2) is 18.5 Å². The third-order valence-corrected chi connectivity index (χ3v) is 2.47. The van der Waals surface area contributed by atoms with Crippen molar-refractivity contribution in [2.45, 2.75) is 13.0 Å². The fourth-order valence-corrected chi connectivity index (χ4v) is 1.78. The van der Waals surface area contributed by atoms with E-state index in [1.807, 2.05) is 16.8 Å². The molecule has 2 aromatic heterocycles. The number of nitrogens with one attached hydrogen (secondary N) is 1. The van der Waals surface area contributed by atoms with E-state index in [0.29, 0.717) is 0 Å². The Kier molecular flexibility index (Phi) is 1.37. The highest BCUT2D eigenvalue weighted by atomic mass is 15.3. The zero-order chi connectivity index (χ0) is 8.67. The van der Waals surface area contributed by atoms with Gasteiger partial charge in [0, 0.05) is 18.8 Å². The minimum absolute atomic E-state index is 0.899. The first kappa shape index (κ1) is 7.03. The first-order valence-corrected chi connectivity index (χ1v) is 4.46. The van der Waals surface area contributed by atoms with Gasteiger partial charge >= 0.3 is 0 Å². The molecule has 0 atom stereocenters. The van der Waals surface area contributed by atoms with Gasteiger partial charge in [-0.15, -0.1) is 0 Å². The molecular formula is C9H10N4. The highest BCUT2D eigenvalue weighted by Gasteiger charge is 2.12. The van der Waals surface area contributed by atoms with Crippen LogP contribution in [0.25, 0.3) is 5.65 Å². The van der Waals surface area contributed by atoms with Gasteiger partial charge in [-0.2, -0.15) is 5.10 Å². The lowest BCUT2D eigenvalue weighted by Crippen LogP contribution is -2.26. The first-order chi connectivity index (χ1) is 6.45. The number of fused-ring (bicyclic) bond motifs is 3. The van der Waals surface area contributed by atoms with Gasteiger partial charge in [0.15, 0.2) is 5.65 Å². The highest BCUT2D eigenvalue weighted by Crippen LogP contribution is 2.13. The van der Waals surface area contributed by atoms with Crippen LogP contribution in [0.3, 0.4) is 0 Å². The summed E-state index contributed by atoms with van der Waals surface area (Å²) in [6.45, 7) is 1.94. The van der Waals surface area contributed by atoms with E-state index in [1.165, 1.54) is 11.3 Å². The van der Waals surface area contributed by atoms with Gasteiger partial charge in [0.05, 0.1) is 11.9 Å². The van der Waals surface area contributed by atoms with Crippen LogP contribution >= 0.6 is 0 Å². The highest BCUT2D eigenvalue weighted by molar-refractivity contribution is 5.40. The summed E-state index contributed by atoms with van der Waals surface area (Å²) < 4.78 is 1.92. The summed E-state index contributed by atoms with van der Waals surface area (Å²) in [5, 5.41) is 7.58. The normalized spacial score (nSPS) is 16.0. The standard InChI is InChI=1S/C9H10N4/c1-3-10-6-8-7(1)5-11-9-2-4-12-13(8)9/h2,4-5,10H,1,3,6H2. The molecule has 0 unspecified atom stereocenters. The molecule has 2 aromatic rings. The quantitative estimate of drug-likeness (QED) is 0.627. The van der Waals surface area contributed by atoms with Crippen LogP contribution in [0.1, 0.15) is 11.3 Å². The predicted octanol–water partition coefficient (Wildman–Crippen LogP) is 0.375. The van der Waals surface area contributed by atoms with Crippen LogP contribution in [0.4, 0.5) is 0 Å². The topological polar surface area (TPSA) is 42.2 Å². The second-order valence-electron chi connectivity index (χ2n) is 3.26. The summed E-state index contributed by atoms with van der Waals surface area (Å²) in [7, 11) is 0. The van der Waals surface area contributed by atoms with Crippen LogP contribution in [0.2, 0.25) is 0 Å². The van der Waals surface area contributed by atoms with Crippen LogP contribution < -0.4 is 5.32 Å². The van der Waals surface area contributed by atoms with Crippen LogP contribution in [0, 0.1) is 0 Å². The Balaban J connectivity index is 2.34. The average Bonchev–Trinajstić information content (AvgIpc) is 2.65. The van der Waals surface area contributed by atoms with Crippen LogP contribution in [0.5, 0.6) is 0 Å². The van der Waals surface area contributed by atoms with Crippen molar-refractivity contribution in [3.05, 3.63) is 29.7 Å². The summed E-state index contributed by atoms with van der Waals surface area (Å²) in [5.41, 5.74) is 3.50. The van der Waals surface area contributed by atoms with E-state index in [9.17, 15) is 0 Å². The number of rotatable bonds is 0. The predicted molar refractivity (Wildman–Crippen MR) is 48.4 cm³/mol. The van der Waals surface area contributed by atoms with Crippen molar-refractivity contribution in [2.24, 2.45) is 0 Å². The fraction of sp³-hybridized carbons (Fsp3) is 0.333. The molecule has 4 nitrogen and oxygen atoms in total. The molecule has 1 N–H and O–H groups in total. The molecule has 0 saturated heterocycles. The number of aromatic nitrogens is 3. The summed E-state index contributed by atoms with van der Waals surface area (Å²) in [5.74, 6) is 0. The molecule has 0 fully saturated rings. The van der Waals surface area contributed by atoms with Gasteiger partial charge in [-0.05, 0) is 18.5 Å². The minimum atomic E-state index is 0.899. The van der Waals surface area contributed by atoms with Gasteiger partial charge in [-0.3, -0.25) is 0 Å². The second-order valence-corrected chi connectivity index (χ2v) is 3.26. The van der Waals surface area contributed by atoms with Gasteiger partial charge < -0.3 is 5.32 Å². The van der Waals surface area contributed by atoms with Gasteiger partial charge in [0.25, 0.3) is 0 Å². The van der Waals surface area contributed by atoms with Gasteiger partial charge in [-0.1, -0.05) is 0 Å². The van der Waals surface area contributed by atoms with E-state index < -0.39 is 0 Å². The first-order valence-electron chi connectivity index (χ1n) is 4.46. The summed E-state index contributed by atoms with van der Waals surface area (Å²) in [6.07, 6.45) is 4.81. The molecule has 0 radical (unpaired) electrons. The molecule has 1 aliphatic heterocycles. The third kappa shape index (κ3) is 0.954. The van der Waals surface area contributed by atoms with Crippen molar-refractivity contribution in [1.82, 2.24) is 19.9 Å². The Morgan fingerprint density at radius 3 is 3.46 bits per heavy atom. The number of hydrogen-bond donors (Lipinski definition) is 1. The molecule has 13 heavy (non-hydrogen) atoms. The van der Waals surface area contributed by atoms with E-state index in [-0.39, 0.29) is 0 Å². The molecule has 1 aliphatic rings. The Bertz CT molecular complexity index is 446. The zero-order valence-electron chi connectivity index (χ0n) is 7.20. The lowest BCUT2D eigenvalue weighted by atomic mass is 10.1. The third-order valence-electron chi connectivity index (χ3n) is 2.47. The molecular weight excluding hydrogens is 164 g/mol. The monoisotopic (exact) mass is 174 g/mol. The molecule has 0 saturated carbocycles. The fourth-order valence-electron chi connectivity index (χ4n) is 1.78. The summed E-state index contributed by atoms with van der Waals surface area (Å²) in [4.78, 5) is 4.33. The molecule has 0 spiro atoms. The Morgan fingerprint density at radius 1 is 1.46 bits per heavy atom. The maximum atomic E-state index is 4.33. The number of nitrogens with zero attached hydrogens (tertiary/aromatic N) is 3. The van der Waals surface area contributed by atoms with E-state index >= 15 is 0 Å². The Labute approximate surface area is 75.6 Å². The zero-order valence-corrected chi connectivity index (χ0v) is 7.20. The minimum Gasteiger partial charge on any atom is -0.311 e. The smallest absolute Gasteiger partial charge is 0.155 e. The van der Waals surface area contributed by atoms with E-state index in [4.69, 9.17) is 0 Å². The van der Waals surface area contributed by atoms with Gasteiger partial charge in [-0.25, -0.2) is 9.50 Å². The van der Waals surface area contributed by atoms with Crippen molar-refractivity contribution >= 4 is 5.65 Å². The lowest BCUT2D eigenvalue weighted by molar-refractivity contribution is 0.604. The summed E-state index contributed by atoms with van der Waals surface area (Å²) >= 11 is 0. The lowest BCUT2D eigenvalue weighted by Gasteiger charge is -2.16. The molecule has 3 heterocycles. The van der Waals surface area contributed by atoms with E-state index in [1.54, 1.807) is 6.20 Å². The number of hydrogen-bond acceptors (Lipinski definition) is 3. The van der Waals surface area contributed by atoms with Crippen molar-refractivity contribution < 1.29 is 0 Å². The van der Waals surface area contributed by atoms with Crippen molar-refractivity contribution in [2.75, 3.05) is 6.54 Å². The molecule has 0 bridgehead atoms. The molecule has 3 rings (SSSR count). The SMILES string of the molecule is c1cc2ncc3c(n2n1)CNCC3. The summed E-state index contributed by atoms with van der Waals surface area (Å²) in [6, 6.07) is 1.93. The Morgan fingerprint density at radius 2 is 2.46 bits per heavy atom. The maximum Gasteiger partial charge on any atom is 0.155 e. The van der Waals surface area contributed by atoms with E-state index in [2.05, 4.69) is 15.4 Å². The van der Waals surface area contributed by atoms with Gasteiger partial charge in [0.1, 0.15) is 0 Å². The van der Waals surface area contributed by atoms with Crippen molar-refractivity contribution in [3.63, 3.8) is 0 Å². The molecule has 0 amide bonds. The van der Waals surface area contributed by atoms with Crippen molar-refractivity contribution in [1.29, 1.82) is 0 Å². The molecule has 4 heteroatoms. The van der Waals surface area contributed by atoms with Crippen molar-refractivity contribution in [3.8, 4) is 0 Å². The Hall–Kier alpha value is -1.42.